The van der Waals surface area contributed by atoms with Gasteiger partial charge in [-0.2, -0.15) is 17.5 Å². The molecule has 2 fully saturated rings. The number of carboxylic acid groups (broad SMARTS) is 1. The second kappa shape index (κ2) is 9.58. The van der Waals surface area contributed by atoms with Crippen molar-refractivity contribution in [3.8, 4) is 0 Å². The van der Waals surface area contributed by atoms with Gasteiger partial charge >= 0.3 is 12.1 Å². The second-order valence-corrected chi connectivity index (χ2v) is 11.9. The molecule has 2 aromatic rings. The number of piperidine rings is 1. The number of sulfonamides is 1. The van der Waals surface area contributed by atoms with E-state index in [0.29, 0.717) is 32.0 Å². The molecule has 0 saturated carbocycles. The Kier molecular flexibility index (Phi) is 7.04. The van der Waals surface area contributed by atoms with Crippen LogP contribution in [0.3, 0.4) is 0 Å². The van der Waals surface area contributed by atoms with Crippen molar-refractivity contribution in [1.29, 1.82) is 0 Å². The normalized spacial score (nSPS) is 20.9. The summed E-state index contributed by atoms with van der Waals surface area (Å²) in [4.78, 5) is 14.6. The van der Waals surface area contributed by atoms with Gasteiger partial charge in [0.2, 0.25) is 0 Å². The van der Waals surface area contributed by atoms with E-state index in [9.17, 15) is 30.8 Å². The number of piperazine rings is 1. The molecule has 3 heterocycles. The van der Waals surface area contributed by atoms with Crippen LogP contribution in [0.4, 0.5) is 28.3 Å². The number of nitrogens with zero attached hydrogens (tertiary/aromatic N) is 3. The highest BCUT2D eigenvalue weighted by molar-refractivity contribution is 7.91. The van der Waals surface area contributed by atoms with Gasteiger partial charge in [-0.1, -0.05) is 0 Å². The van der Waals surface area contributed by atoms with Crippen molar-refractivity contribution in [3.63, 3.8) is 0 Å². The van der Waals surface area contributed by atoms with E-state index < -0.39 is 45.5 Å². The number of benzene rings is 1. The Morgan fingerprint density at radius 2 is 1.74 bits per heavy atom. The average molecular weight is 536 g/mol. The SMILES string of the molecule is C[C@@H]1CN(c2ccc(F)cc2C(F)(F)F)CCN1S(=O)(=O)c1ccc(N2CCC(C(=O)O)CC2)s1. The van der Waals surface area contributed by atoms with Crippen molar-refractivity contribution >= 4 is 38.0 Å². The average Bonchev–Trinajstić information content (AvgIpc) is 3.29. The topological polar surface area (TPSA) is 81.2 Å². The molecule has 2 aliphatic rings. The molecule has 192 valence electrons. The maximum Gasteiger partial charge on any atom is 0.418 e. The molecule has 0 bridgehead atoms. The number of carbonyl (C=O) groups is 1. The summed E-state index contributed by atoms with van der Waals surface area (Å²) >= 11 is 1.10. The number of alkyl halides is 3. The molecule has 0 aliphatic carbocycles. The highest BCUT2D eigenvalue weighted by atomic mass is 32.2. The van der Waals surface area contributed by atoms with Crippen molar-refractivity contribution in [2.45, 2.75) is 36.2 Å². The van der Waals surface area contributed by atoms with Crippen molar-refractivity contribution < 1.29 is 35.9 Å². The van der Waals surface area contributed by atoms with Gasteiger partial charge in [-0.25, -0.2) is 12.8 Å². The lowest BCUT2D eigenvalue weighted by molar-refractivity contribution is -0.142. The third kappa shape index (κ3) is 5.26. The van der Waals surface area contributed by atoms with Gasteiger partial charge in [0.1, 0.15) is 10.0 Å². The molecule has 35 heavy (non-hydrogen) atoms. The summed E-state index contributed by atoms with van der Waals surface area (Å²) in [5.41, 5.74) is -1.26. The van der Waals surface area contributed by atoms with Crippen LogP contribution >= 0.6 is 11.3 Å². The van der Waals surface area contributed by atoms with Crippen LogP contribution in [-0.4, -0.2) is 62.6 Å². The highest BCUT2D eigenvalue weighted by Crippen LogP contribution is 2.39. The van der Waals surface area contributed by atoms with Crippen LogP contribution in [0.1, 0.15) is 25.3 Å². The molecule has 1 aromatic carbocycles. The fourth-order valence-electron chi connectivity index (χ4n) is 4.61. The number of thiophene rings is 1. The molecule has 0 radical (unpaired) electrons. The third-order valence-corrected chi connectivity index (χ3v) is 10.1. The second-order valence-electron chi connectivity index (χ2n) is 8.76. The molecule has 0 spiro atoms. The van der Waals surface area contributed by atoms with Gasteiger partial charge in [0, 0.05) is 44.5 Å². The summed E-state index contributed by atoms with van der Waals surface area (Å²) in [7, 11) is -3.88. The Labute approximate surface area is 204 Å². The molecule has 0 amide bonds. The van der Waals surface area contributed by atoms with Crippen molar-refractivity contribution in [2.75, 3.05) is 42.5 Å². The Bertz CT molecular complexity index is 1190. The van der Waals surface area contributed by atoms with Gasteiger partial charge in [-0.3, -0.25) is 4.79 Å². The van der Waals surface area contributed by atoms with E-state index in [1.165, 1.54) is 15.3 Å². The quantitative estimate of drug-likeness (QED) is 0.581. The van der Waals surface area contributed by atoms with E-state index in [0.717, 1.165) is 28.5 Å². The van der Waals surface area contributed by atoms with Crippen LogP contribution in [0.25, 0.3) is 0 Å². The standard InChI is InChI=1S/C22H25F4N3O4S2/c1-14-13-28(18-3-2-16(23)12-17(18)22(24,25)26)10-11-29(14)35(32,33)20-5-4-19(34-20)27-8-6-15(7-9-27)21(30)31/h2-5,12,14-15H,6-11,13H2,1H3,(H,30,31)/t14-/m1/s1. The summed E-state index contributed by atoms with van der Waals surface area (Å²) in [6, 6.07) is 5.10. The van der Waals surface area contributed by atoms with Crippen LogP contribution < -0.4 is 9.80 Å². The fraction of sp³-hybridized carbons (Fsp3) is 0.500. The number of hydrogen-bond donors (Lipinski definition) is 1. The number of aliphatic carboxylic acids is 1. The van der Waals surface area contributed by atoms with Crippen molar-refractivity contribution in [2.24, 2.45) is 5.92 Å². The molecule has 1 N–H and O–H groups in total. The molecule has 2 aliphatic heterocycles. The summed E-state index contributed by atoms with van der Waals surface area (Å²) in [6.45, 7) is 2.70. The van der Waals surface area contributed by atoms with Crippen LogP contribution in [0.2, 0.25) is 0 Å². The van der Waals surface area contributed by atoms with E-state index in [1.54, 1.807) is 13.0 Å². The first-order chi connectivity index (χ1) is 16.4. The molecule has 4 rings (SSSR count). The van der Waals surface area contributed by atoms with Gasteiger partial charge in [0.15, 0.2) is 0 Å². The van der Waals surface area contributed by atoms with Gasteiger partial charge in [0.05, 0.1) is 16.5 Å². The fourth-order valence-corrected chi connectivity index (χ4v) is 7.70. The smallest absolute Gasteiger partial charge is 0.418 e. The van der Waals surface area contributed by atoms with Gasteiger partial charge < -0.3 is 14.9 Å². The largest absolute Gasteiger partial charge is 0.481 e. The zero-order valence-corrected chi connectivity index (χ0v) is 20.5. The first-order valence-electron chi connectivity index (χ1n) is 11.1. The Morgan fingerprint density at radius 3 is 2.34 bits per heavy atom. The molecule has 1 atom stereocenters. The maximum absolute atomic E-state index is 13.5. The van der Waals surface area contributed by atoms with Crippen molar-refractivity contribution in [1.82, 2.24) is 4.31 Å². The third-order valence-electron chi connectivity index (χ3n) is 6.46. The lowest BCUT2D eigenvalue weighted by atomic mass is 9.97. The zero-order valence-electron chi connectivity index (χ0n) is 18.8. The Morgan fingerprint density at radius 1 is 1.06 bits per heavy atom. The first-order valence-corrected chi connectivity index (χ1v) is 13.3. The number of anilines is 2. The lowest BCUT2D eigenvalue weighted by Crippen LogP contribution is -2.54. The van der Waals surface area contributed by atoms with E-state index >= 15 is 0 Å². The monoisotopic (exact) mass is 535 g/mol. The molecular formula is C22H25F4N3O4S2. The molecule has 13 heteroatoms. The predicted octanol–water partition coefficient (Wildman–Crippen LogP) is 4.11. The number of hydrogen-bond acceptors (Lipinski definition) is 6. The van der Waals surface area contributed by atoms with Crippen LogP contribution in [-0.2, 0) is 21.0 Å². The minimum atomic E-state index is -4.74. The van der Waals surface area contributed by atoms with E-state index in [-0.39, 0.29) is 29.5 Å². The number of carboxylic acids is 1. The number of rotatable bonds is 5. The highest BCUT2D eigenvalue weighted by Gasteiger charge is 2.39. The summed E-state index contributed by atoms with van der Waals surface area (Å²) in [5, 5.41) is 9.89. The molecule has 1 aromatic heterocycles. The van der Waals surface area contributed by atoms with Gasteiger partial charge in [0.25, 0.3) is 10.0 Å². The lowest BCUT2D eigenvalue weighted by Gasteiger charge is -2.40. The zero-order chi connectivity index (χ0) is 25.5. The predicted molar refractivity (Wildman–Crippen MR) is 124 cm³/mol. The maximum atomic E-state index is 13.5. The number of halogens is 4. The summed E-state index contributed by atoms with van der Waals surface area (Å²) < 4.78 is 81.9. The Hall–Kier alpha value is -2.38. The van der Waals surface area contributed by atoms with Crippen molar-refractivity contribution in [3.05, 3.63) is 41.7 Å². The molecule has 7 nitrogen and oxygen atoms in total. The molecular weight excluding hydrogens is 510 g/mol. The van der Waals surface area contributed by atoms with Gasteiger partial charge in [-0.05, 0) is 50.1 Å². The van der Waals surface area contributed by atoms with E-state index in [1.807, 2.05) is 4.90 Å². The van der Waals surface area contributed by atoms with Gasteiger partial charge in [-0.15, -0.1) is 11.3 Å². The van der Waals surface area contributed by atoms with E-state index in [2.05, 4.69) is 0 Å². The summed E-state index contributed by atoms with van der Waals surface area (Å²) in [5.74, 6) is -2.21. The van der Waals surface area contributed by atoms with Crippen LogP contribution in [0.15, 0.2) is 34.5 Å². The Balaban J connectivity index is 1.48. The van der Waals surface area contributed by atoms with Crippen LogP contribution in [0.5, 0.6) is 0 Å². The van der Waals surface area contributed by atoms with Crippen LogP contribution in [0, 0.1) is 11.7 Å². The summed E-state index contributed by atoms with van der Waals surface area (Å²) in [6.07, 6.45) is -3.77. The van der Waals surface area contributed by atoms with E-state index in [4.69, 9.17) is 5.11 Å². The first kappa shape index (κ1) is 25.7. The molecule has 0 unspecified atom stereocenters. The molecule has 2 saturated heterocycles. The minimum Gasteiger partial charge on any atom is -0.481 e. The minimum absolute atomic E-state index is 0.0184.